The Morgan fingerprint density at radius 2 is 1.71 bits per heavy atom. The zero-order valence-corrected chi connectivity index (χ0v) is 17.5. The van der Waals surface area contributed by atoms with Crippen LogP contribution in [0.3, 0.4) is 0 Å². The summed E-state index contributed by atoms with van der Waals surface area (Å²) in [5.74, 6) is -0.289. The number of nitrogens with zero attached hydrogens (tertiary/aromatic N) is 2. The van der Waals surface area contributed by atoms with E-state index in [0.29, 0.717) is 28.2 Å². The van der Waals surface area contributed by atoms with Crippen LogP contribution in [0.4, 0.5) is 0 Å². The minimum Gasteiger partial charge on any atom is -0.370 e. The van der Waals surface area contributed by atoms with E-state index < -0.39 is 0 Å². The molecule has 1 heterocycles. The molecule has 0 saturated heterocycles. The Labute approximate surface area is 184 Å². The zero-order valence-electron chi connectivity index (χ0n) is 16.7. The Hall–Kier alpha value is -3.44. The fourth-order valence-corrected chi connectivity index (χ4v) is 4.33. The largest absolute Gasteiger partial charge is 0.370 e. The molecular weight excluding hydrogens is 410 g/mol. The van der Waals surface area contributed by atoms with E-state index in [4.69, 9.17) is 22.4 Å². The van der Waals surface area contributed by atoms with Gasteiger partial charge in [0.15, 0.2) is 0 Å². The predicted molar refractivity (Wildman–Crippen MR) is 123 cm³/mol. The van der Waals surface area contributed by atoms with Gasteiger partial charge in [-0.3, -0.25) is 9.59 Å². The lowest BCUT2D eigenvalue weighted by atomic mass is 9.90. The number of rotatable bonds is 5. The highest BCUT2D eigenvalue weighted by molar-refractivity contribution is 6.30. The van der Waals surface area contributed by atoms with Crippen LogP contribution in [-0.2, 0) is 10.2 Å². The van der Waals surface area contributed by atoms with Gasteiger partial charge in [0, 0.05) is 27.8 Å². The van der Waals surface area contributed by atoms with E-state index in [1.807, 2.05) is 42.5 Å². The molecule has 1 amide bonds. The molecule has 0 spiro atoms. The molecule has 1 saturated carbocycles. The maximum Gasteiger partial charge on any atom is 0.279 e. The smallest absolute Gasteiger partial charge is 0.279 e. The third kappa shape index (κ3) is 3.51. The van der Waals surface area contributed by atoms with Crippen molar-refractivity contribution in [2.24, 2.45) is 5.73 Å². The third-order valence-corrected chi connectivity index (χ3v) is 6.24. The van der Waals surface area contributed by atoms with Gasteiger partial charge in [-0.2, -0.15) is 9.78 Å². The normalized spacial score (nSPS) is 14.5. The van der Waals surface area contributed by atoms with Gasteiger partial charge >= 0.3 is 0 Å². The highest BCUT2D eigenvalue weighted by Gasteiger charge is 2.45. The lowest BCUT2D eigenvalue weighted by Crippen LogP contribution is -2.22. The summed E-state index contributed by atoms with van der Waals surface area (Å²) in [5, 5.41) is 6.71. The van der Waals surface area contributed by atoms with Gasteiger partial charge in [0.05, 0.1) is 16.8 Å². The summed E-state index contributed by atoms with van der Waals surface area (Å²) in [4.78, 5) is 24.8. The number of primary amides is 1. The molecule has 4 aromatic rings. The molecule has 5 rings (SSSR count). The molecule has 5 nitrogen and oxygen atoms in total. The maximum atomic E-state index is 13.2. The molecule has 0 aliphatic heterocycles. The first-order valence-corrected chi connectivity index (χ1v) is 10.5. The molecule has 0 unspecified atom stereocenters. The third-order valence-electron chi connectivity index (χ3n) is 5.99. The van der Waals surface area contributed by atoms with Crippen LogP contribution >= 0.6 is 11.6 Å². The van der Waals surface area contributed by atoms with Crippen molar-refractivity contribution >= 4 is 28.3 Å². The number of nitrogens with two attached hydrogens (primary N) is 1. The molecule has 1 aliphatic rings. The van der Waals surface area contributed by atoms with E-state index >= 15 is 0 Å². The molecule has 3 aromatic carbocycles. The maximum absolute atomic E-state index is 13.2. The SMILES string of the molecule is NC(=O)CC1(c2cccc(-c3nn(-c4ccc(Cl)cc4)c(=O)c4ccccc34)c2)CC1. The minimum atomic E-state index is -0.289. The van der Waals surface area contributed by atoms with Crippen LogP contribution in [0.25, 0.3) is 27.7 Å². The Balaban J connectivity index is 1.71. The monoisotopic (exact) mass is 429 g/mol. The summed E-state index contributed by atoms with van der Waals surface area (Å²) in [6.45, 7) is 0. The number of carbonyl (C=O) groups is 1. The van der Waals surface area contributed by atoms with Crippen LogP contribution in [0.2, 0.25) is 5.02 Å². The van der Waals surface area contributed by atoms with Crippen LogP contribution in [0, 0.1) is 0 Å². The minimum absolute atomic E-state index is 0.178. The molecule has 1 fully saturated rings. The van der Waals surface area contributed by atoms with E-state index in [2.05, 4.69) is 6.07 Å². The molecule has 31 heavy (non-hydrogen) atoms. The first kappa shape index (κ1) is 19.5. The van der Waals surface area contributed by atoms with Crippen LogP contribution in [0.1, 0.15) is 24.8 Å². The lowest BCUT2D eigenvalue weighted by molar-refractivity contribution is -0.118. The van der Waals surface area contributed by atoms with Crippen molar-refractivity contribution in [2.45, 2.75) is 24.7 Å². The van der Waals surface area contributed by atoms with Crippen molar-refractivity contribution < 1.29 is 4.79 Å². The van der Waals surface area contributed by atoms with Crippen LogP contribution in [0.5, 0.6) is 0 Å². The molecule has 0 radical (unpaired) electrons. The van der Waals surface area contributed by atoms with E-state index in [0.717, 1.165) is 29.4 Å². The predicted octanol–water partition coefficient (Wildman–Crippen LogP) is 4.61. The van der Waals surface area contributed by atoms with Crippen molar-refractivity contribution in [1.82, 2.24) is 9.78 Å². The number of fused-ring (bicyclic) bond motifs is 1. The summed E-state index contributed by atoms with van der Waals surface area (Å²) in [7, 11) is 0. The van der Waals surface area contributed by atoms with Crippen molar-refractivity contribution in [3.8, 4) is 16.9 Å². The molecule has 6 heteroatoms. The molecule has 0 atom stereocenters. The van der Waals surface area contributed by atoms with Gasteiger partial charge in [0.1, 0.15) is 0 Å². The average molecular weight is 430 g/mol. The van der Waals surface area contributed by atoms with E-state index in [1.165, 1.54) is 4.68 Å². The van der Waals surface area contributed by atoms with Gasteiger partial charge in [0.2, 0.25) is 5.91 Å². The number of benzene rings is 3. The fourth-order valence-electron chi connectivity index (χ4n) is 4.21. The number of hydrogen-bond donors (Lipinski definition) is 1. The Morgan fingerprint density at radius 3 is 2.39 bits per heavy atom. The van der Waals surface area contributed by atoms with Gasteiger partial charge in [0.25, 0.3) is 5.56 Å². The van der Waals surface area contributed by atoms with Crippen molar-refractivity contribution in [2.75, 3.05) is 0 Å². The van der Waals surface area contributed by atoms with E-state index in [9.17, 15) is 9.59 Å². The van der Waals surface area contributed by atoms with Crippen LogP contribution in [0.15, 0.2) is 77.6 Å². The van der Waals surface area contributed by atoms with E-state index in [-0.39, 0.29) is 16.9 Å². The van der Waals surface area contributed by atoms with Crippen LogP contribution < -0.4 is 11.3 Å². The second kappa shape index (κ2) is 7.36. The molecule has 1 aromatic heterocycles. The fraction of sp³-hybridized carbons (Fsp3) is 0.160. The highest BCUT2D eigenvalue weighted by atomic mass is 35.5. The first-order valence-electron chi connectivity index (χ1n) is 10.1. The molecule has 0 bridgehead atoms. The molecule has 1 aliphatic carbocycles. The topological polar surface area (TPSA) is 78.0 Å². The number of aromatic nitrogens is 2. The zero-order chi connectivity index (χ0) is 21.6. The highest BCUT2D eigenvalue weighted by Crippen LogP contribution is 2.51. The van der Waals surface area contributed by atoms with Gasteiger partial charge in [-0.25, -0.2) is 0 Å². The summed E-state index contributed by atoms with van der Waals surface area (Å²) >= 11 is 6.02. The Kier molecular flexibility index (Phi) is 4.63. The van der Waals surface area contributed by atoms with Crippen molar-refractivity contribution in [1.29, 1.82) is 0 Å². The van der Waals surface area contributed by atoms with Gasteiger partial charge < -0.3 is 5.73 Å². The van der Waals surface area contributed by atoms with Gasteiger partial charge in [-0.05, 0) is 54.8 Å². The van der Waals surface area contributed by atoms with Crippen LogP contribution in [-0.4, -0.2) is 15.7 Å². The molecule has 2 N–H and O–H groups in total. The Bertz CT molecular complexity index is 1370. The molecule has 154 valence electrons. The molecular formula is C25H20ClN3O2. The van der Waals surface area contributed by atoms with Gasteiger partial charge in [-0.1, -0.05) is 48.0 Å². The second-order valence-corrected chi connectivity index (χ2v) is 8.53. The summed E-state index contributed by atoms with van der Waals surface area (Å²) in [6, 6.07) is 22.6. The van der Waals surface area contributed by atoms with E-state index in [1.54, 1.807) is 24.3 Å². The quantitative estimate of drug-likeness (QED) is 0.503. The standard InChI is InChI=1S/C25H20ClN3O2/c26-18-8-10-19(11-9-18)29-24(31)21-7-2-1-6-20(21)23(28-29)16-4-3-5-17(14-16)25(12-13-25)15-22(27)30/h1-11,14H,12-13,15H2,(H2,27,30). The Morgan fingerprint density at radius 1 is 1.00 bits per heavy atom. The number of hydrogen-bond acceptors (Lipinski definition) is 3. The van der Waals surface area contributed by atoms with Crippen molar-refractivity contribution in [3.63, 3.8) is 0 Å². The second-order valence-electron chi connectivity index (χ2n) is 8.09. The first-order chi connectivity index (χ1) is 15.0. The lowest BCUT2D eigenvalue weighted by Gasteiger charge is -2.16. The average Bonchev–Trinajstić information content (AvgIpc) is 3.55. The summed E-state index contributed by atoms with van der Waals surface area (Å²) < 4.78 is 1.41. The number of carbonyl (C=O) groups excluding carboxylic acids is 1. The number of halogens is 1. The number of amides is 1. The summed E-state index contributed by atoms with van der Waals surface area (Å²) in [6.07, 6.45) is 2.23. The van der Waals surface area contributed by atoms with Crippen molar-refractivity contribution in [3.05, 3.63) is 93.7 Å². The van der Waals surface area contributed by atoms with Gasteiger partial charge in [-0.15, -0.1) is 0 Å². The summed E-state index contributed by atoms with van der Waals surface area (Å²) in [5.41, 5.74) is 8.46.